The van der Waals surface area contributed by atoms with Crippen LogP contribution in [0.5, 0.6) is 0 Å². The largest absolute Gasteiger partial charge is 0.401 e. The van der Waals surface area contributed by atoms with Gasteiger partial charge in [0.15, 0.2) is 0 Å². The minimum Gasteiger partial charge on any atom is -0.382 e. The van der Waals surface area contributed by atoms with Crippen LogP contribution in [0.4, 0.5) is 13.2 Å². The van der Waals surface area contributed by atoms with Crippen molar-refractivity contribution in [2.75, 3.05) is 46.9 Å². The van der Waals surface area contributed by atoms with Crippen molar-refractivity contribution in [1.82, 2.24) is 15.1 Å². The quantitative estimate of drug-likeness (QED) is 0.780. The number of hydrogen-bond donors (Lipinski definition) is 1. The van der Waals surface area contributed by atoms with E-state index < -0.39 is 24.2 Å². The van der Waals surface area contributed by atoms with Crippen LogP contribution in [0.25, 0.3) is 0 Å². The van der Waals surface area contributed by atoms with Gasteiger partial charge in [-0.25, -0.2) is 0 Å². The number of rotatable bonds is 5. The number of carbonyl (C=O) groups excluding carboxylic acids is 2. The second kappa shape index (κ2) is 6.64. The third kappa shape index (κ3) is 3.60. The average Bonchev–Trinajstić information content (AvgIpc) is 2.85. The molecule has 1 unspecified atom stereocenters. The molecule has 132 valence electrons. The van der Waals surface area contributed by atoms with E-state index in [1.54, 1.807) is 0 Å². The molecule has 2 heterocycles. The Morgan fingerprint density at radius 2 is 2.00 bits per heavy atom. The molecule has 2 aliphatic rings. The molecule has 1 atom stereocenters. The molecule has 23 heavy (non-hydrogen) atoms. The Labute approximate surface area is 132 Å². The number of nitrogens with zero attached hydrogens (tertiary/aromatic N) is 2. The lowest BCUT2D eigenvalue weighted by Crippen LogP contribution is -2.64. The van der Waals surface area contributed by atoms with Crippen LogP contribution in [-0.4, -0.2) is 80.3 Å². The van der Waals surface area contributed by atoms with E-state index in [9.17, 15) is 22.8 Å². The second-order valence-electron chi connectivity index (χ2n) is 6.14. The van der Waals surface area contributed by atoms with E-state index in [0.717, 1.165) is 0 Å². The van der Waals surface area contributed by atoms with Crippen molar-refractivity contribution in [1.29, 1.82) is 0 Å². The van der Waals surface area contributed by atoms with Crippen LogP contribution >= 0.6 is 0 Å². The van der Waals surface area contributed by atoms with Gasteiger partial charge in [-0.3, -0.25) is 14.5 Å². The highest BCUT2D eigenvalue weighted by Gasteiger charge is 2.52. The van der Waals surface area contributed by atoms with Gasteiger partial charge in [-0.15, -0.1) is 0 Å². The van der Waals surface area contributed by atoms with Gasteiger partial charge in [0.05, 0.1) is 19.1 Å². The first-order chi connectivity index (χ1) is 10.7. The van der Waals surface area contributed by atoms with Crippen molar-refractivity contribution in [2.45, 2.75) is 24.6 Å². The van der Waals surface area contributed by atoms with Crippen LogP contribution in [0.3, 0.4) is 0 Å². The molecule has 0 spiro atoms. The summed E-state index contributed by atoms with van der Waals surface area (Å²) in [6.45, 7) is -0.352. The molecular weight excluding hydrogens is 315 g/mol. The lowest BCUT2D eigenvalue weighted by molar-refractivity contribution is -0.170. The third-order valence-corrected chi connectivity index (χ3v) is 4.50. The van der Waals surface area contributed by atoms with E-state index in [1.165, 1.54) is 24.0 Å². The maximum Gasteiger partial charge on any atom is 0.401 e. The number of alkyl halides is 3. The van der Waals surface area contributed by atoms with Crippen molar-refractivity contribution < 1.29 is 27.5 Å². The molecule has 2 aliphatic heterocycles. The maximum absolute atomic E-state index is 12.6. The molecule has 0 aromatic rings. The number of likely N-dealkylation sites (N-methyl/N-ethyl adjacent to an activating group) is 1. The number of methoxy groups -OCH3 is 1. The van der Waals surface area contributed by atoms with Crippen molar-refractivity contribution in [3.8, 4) is 0 Å². The third-order valence-electron chi connectivity index (χ3n) is 4.50. The predicted molar refractivity (Wildman–Crippen MR) is 75.6 cm³/mol. The highest BCUT2D eigenvalue weighted by atomic mass is 19.4. The number of amides is 2. The van der Waals surface area contributed by atoms with E-state index in [-0.39, 0.29) is 31.5 Å². The van der Waals surface area contributed by atoms with E-state index >= 15 is 0 Å². The number of halogens is 3. The second-order valence-corrected chi connectivity index (χ2v) is 6.14. The number of hydrogen-bond acceptors (Lipinski definition) is 4. The lowest BCUT2D eigenvalue weighted by atomic mass is 9.92. The summed E-state index contributed by atoms with van der Waals surface area (Å²) in [6.07, 6.45) is -3.10. The summed E-state index contributed by atoms with van der Waals surface area (Å²) in [4.78, 5) is 27.6. The smallest absolute Gasteiger partial charge is 0.382 e. The van der Waals surface area contributed by atoms with Crippen molar-refractivity contribution >= 4 is 11.8 Å². The lowest BCUT2D eigenvalue weighted by Gasteiger charge is -2.44. The number of carbonyl (C=O) groups is 2. The summed E-state index contributed by atoms with van der Waals surface area (Å²) in [5, 5.41) is 2.56. The van der Waals surface area contributed by atoms with E-state index in [4.69, 9.17) is 4.74 Å². The fourth-order valence-electron chi connectivity index (χ4n) is 3.45. The molecule has 6 nitrogen and oxygen atoms in total. The molecule has 0 aromatic carbocycles. The van der Waals surface area contributed by atoms with Gasteiger partial charge in [0, 0.05) is 33.8 Å². The molecule has 2 amide bonds. The van der Waals surface area contributed by atoms with Gasteiger partial charge in [0.1, 0.15) is 5.54 Å². The van der Waals surface area contributed by atoms with Crippen LogP contribution in [-0.2, 0) is 14.3 Å². The van der Waals surface area contributed by atoms with Gasteiger partial charge >= 0.3 is 6.18 Å². The maximum atomic E-state index is 12.6. The van der Waals surface area contributed by atoms with Gasteiger partial charge in [-0.1, -0.05) is 0 Å². The van der Waals surface area contributed by atoms with Crippen LogP contribution in [0.2, 0.25) is 0 Å². The van der Waals surface area contributed by atoms with Crippen molar-refractivity contribution in [3.63, 3.8) is 0 Å². The SMILES string of the molecule is CNC(=O)C1(COC)CCCN1C(=O)C1CN(CC(F)(F)F)C1. The minimum atomic E-state index is -4.26. The summed E-state index contributed by atoms with van der Waals surface area (Å²) >= 11 is 0. The number of nitrogens with one attached hydrogen (secondary N) is 1. The molecule has 2 rings (SSSR count). The molecule has 9 heteroatoms. The molecule has 0 bridgehead atoms. The normalized spacial score (nSPS) is 26.2. The summed E-state index contributed by atoms with van der Waals surface area (Å²) in [6, 6.07) is 0. The monoisotopic (exact) mass is 337 g/mol. The van der Waals surface area contributed by atoms with E-state index in [2.05, 4.69) is 5.32 Å². The van der Waals surface area contributed by atoms with Gasteiger partial charge in [-0.05, 0) is 12.8 Å². The van der Waals surface area contributed by atoms with Gasteiger partial charge in [-0.2, -0.15) is 13.2 Å². The summed E-state index contributed by atoms with van der Waals surface area (Å²) in [5.41, 5.74) is -1.05. The van der Waals surface area contributed by atoms with Gasteiger partial charge < -0.3 is 15.0 Å². The summed E-state index contributed by atoms with van der Waals surface area (Å²) < 4.78 is 42.1. The molecule has 1 N–H and O–H groups in total. The molecule has 2 fully saturated rings. The van der Waals surface area contributed by atoms with Crippen LogP contribution in [0.15, 0.2) is 0 Å². The van der Waals surface area contributed by atoms with E-state index in [0.29, 0.717) is 19.4 Å². The zero-order valence-corrected chi connectivity index (χ0v) is 13.3. The van der Waals surface area contributed by atoms with Crippen LogP contribution in [0.1, 0.15) is 12.8 Å². The minimum absolute atomic E-state index is 0.0750. The van der Waals surface area contributed by atoms with Crippen LogP contribution in [0, 0.1) is 5.92 Å². The molecule has 0 saturated carbocycles. The first-order valence-electron chi connectivity index (χ1n) is 7.55. The fourth-order valence-corrected chi connectivity index (χ4v) is 3.45. The van der Waals surface area contributed by atoms with Crippen LogP contribution < -0.4 is 5.32 Å². The molecule has 0 aliphatic carbocycles. The highest BCUT2D eigenvalue weighted by Crippen LogP contribution is 2.34. The summed E-state index contributed by atoms with van der Waals surface area (Å²) in [7, 11) is 2.95. The van der Waals surface area contributed by atoms with Crippen molar-refractivity contribution in [3.05, 3.63) is 0 Å². The molecule has 2 saturated heterocycles. The van der Waals surface area contributed by atoms with Crippen molar-refractivity contribution in [2.24, 2.45) is 5.92 Å². The average molecular weight is 337 g/mol. The summed E-state index contributed by atoms with van der Waals surface area (Å²) in [5.74, 6) is -1.05. The Morgan fingerprint density at radius 3 is 2.52 bits per heavy atom. The zero-order valence-electron chi connectivity index (χ0n) is 13.3. The standard InChI is InChI=1S/C14H22F3N3O3/c1-18-12(22)13(9-23-2)4-3-5-20(13)11(21)10-6-19(7-10)8-14(15,16)17/h10H,3-9H2,1-2H3,(H,18,22). The van der Waals surface area contributed by atoms with Gasteiger partial charge in [0.2, 0.25) is 11.8 Å². The molecule has 0 radical (unpaired) electrons. The zero-order chi connectivity index (χ0) is 17.3. The first kappa shape index (κ1) is 18.0. The number of likely N-dealkylation sites (tertiary alicyclic amines) is 2. The Kier molecular flexibility index (Phi) is 5.20. The highest BCUT2D eigenvalue weighted by molar-refractivity contribution is 5.93. The van der Waals surface area contributed by atoms with E-state index in [1.807, 2.05) is 0 Å². The Balaban J connectivity index is 2.03. The van der Waals surface area contributed by atoms with Gasteiger partial charge in [0.25, 0.3) is 0 Å². The Hall–Kier alpha value is -1.35. The first-order valence-corrected chi connectivity index (χ1v) is 7.55. The molecular formula is C14H22F3N3O3. The Morgan fingerprint density at radius 1 is 1.35 bits per heavy atom. The topological polar surface area (TPSA) is 61.9 Å². The fraction of sp³-hybridized carbons (Fsp3) is 0.857. The Bertz CT molecular complexity index is 466. The number of ether oxygens (including phenoxy) is 1. The predicted octanol–water partition coefficient (Wildman–Crippen LogP) is 0.234. The molecule has 0 aromatic heterocycles.